The molecule has 1 aromatic carbocycles. The number of benzene rings is 1. The van der Waals surface area contributed by atoms with Gasteiger partial charge in [-0.05, 0) is 57.1 Å². The van der Waals surface area contributed by atoms with Crippen molar-refractivity contribution in [2.45, 2.75) is 44.0 Å². The van der Waals surface area contributed by atoms with E-state index >= 15 is 0 Å². The second-order valence-corrected chi connectivity index (χ2v) is 9.27. The molecule has 156 valence electrons. The Kier molecular flexibility index (Phi) is 7.42. The van der Waals surface area contributed by atoms with Crippen LogP contribution >= 0.6 is 11.8 Å². The molecule has 28 heavy (non-hydrogen) atoms. The fourth-order valence-corrected chi connectivity index (χ4v) is 4.52. The number of piperidine rings is 1. The Bertz CT molecular complexity index is 666. The highest BCUT2D eigenvalue weighted by Gasteiger charge is 2.37. The van der Waals surface area contributed by atoms with Gasteiger partial charge in [-0.1, -0.05) is 6.92 Å². The largest absolute Gasteiger partial charge is 0.478 e. The van der Waals surface area contributed by atoms with Crippen molar-refractivity contribution < 1.29 is 14.3 Å². The molecule has 0 radical (unpaired) electrons. The maximum absolute atomic E-state index is 13.3. The van der Waals surface area contributed by atoms with E-state index in [4.69, 9.17) is 9.47 Å². The van der Waals surface area contributed by atoms with E-state index in [-0.39, 0.29) is 5.78 Å². The van der Waals surface area contributed by atoms with Crippen LogP contribution in [0.15, 0.2) is 23.1 Å². The summed E-state index contributed by atoms with van der Waals surface area (Å²) in [5.74, 6) is 1.82. The monoisotopic (exact) mass is 406 g/mol. The van der Waals surface area contributed by atoms with Gasteiger partial charge in [0.2, 0.25) is 0 Å². The topological polar surface area (TPSA) is 42.0 Å². The van der Waals surface area contributed by atoms with Crippen LogP contribution < -0.4 is 4.74 Å². The number of hydrogen-bond donors (Lipinski definition) is 0. The maximum atomic E-state index is 13.3. The summed E-state index contributed by atoms with van der Waals surface area (Å²) < 4.78 is 11.5. The molecule has 5 nitrogen and oxygen atoms in total. The molecule has 3 rings (SSSR count). The quantitative estimate of drug-likeness (QED) is 0.507. The summed E-state index contributed by atoms with van der Waals surface area (Å²) in [7, 11) is 0. The van der Waals surface area contributed by atoms with Crippen molar-refractivity contribution in [3.63, 3.8) is 0 Å². The molecule has 0 bridgehead atoms. The molecule has 0 atom stereocenters. The number of carbonyl (C=O) groups excluding carboxylic acids is 1. The summed E-state index contributed by atoms with van der Waals surface area (Å²) >= 11 is 1.60. The van der Waals surface area contributed by atoms with Crippen molar-refractivity contribution in [2.75, 3.05) is 52.4 Å². The highest BCUT2D eigenvalue weighted by atomic mass is 32.2. The summed E-state index contributed by atoms with van der Waals surface area (Å²) in [6.45, 7) is 12.1. The maximum Gasteiger partial charge on any atom is 0.183 e. The van der Waals surface area contributed by atoms with E-state index < -0.39 is 5.54 Å². The molecule has 2 aliphatic heterocycles. The van der Waals surface area contributed by atoms with Crippen molar-refractivity contribution in [1.82, 2.24) is 9.80 Å². The van der Waals surface area contributed by atoms with Crippen LogP contribution in [0.2, 0.25) is 0 Å². The predicted octanol–water partition coefficient (Wildman–Crippen LogP) is 3.77. The Labute approximate surface area is 173 Å². The van der Waals surface area contributed by atoms with Gasteiger partial charge in [0.05, 0.1) is 18.8 Å². The SMILES string of the molecule is CSc1cc(OCN2CCC(C)CC2)ccc1C(=O)C(C)(C)N1CCOCC1. The third-order valence-corrected chi connectivity index (χ3v) is 6.84. The first-order valence-electron chi connectivity index (χ1n) is 10.3. The van der Waals surface area contributed by atoms with Crippen LogP contribution in [-0.4, -0.2) is 73.5 Å². The van der Waals surface area contributed by atoms with Crippen molar-refractivity contribution in [1.29, 1.82) is 0 Å². The molecule has 0 unspecified atom stereocenters. The van der Waals surface area contributed by atoms with Crippen LogP contribution in [0.25, 0.3) is 0 Å². The third-order valence-electron chi connectivity index (χ3n) is 6.06. The molecule has 1 aromatic rings. The summed E-state index contributed by atoms with van der Waals surface area (Å²) in [4.78, 5) is 18.9. The number of morpholine rings is 1. The Morgan fingerprint density at radius 3 is 2.54 bits per heavy atom. The van der Waals surface area contributed by atoms with E-state index in [0.29, 0.717) is 19.9 Å². The molecule has 0 spiro atoms. The van der Waals surface area contributed by atoms with Gasteiger partial charge in [-0.25, -0.2) is 0 Å². The van der Waals surface area contributed by atoms with E-state index in [2.05, 4.69) is 16.7 Å². The number of hydrogen-bond acceptors (Lipinski definition) is 6. The smallest absolute Gasteiger partial charge is 0.183 e. The fourth-order valence-electron chi connectivity index (χ4n) is 3.90. The Hall–Kier alpha value is -1.08. The van der Waals surface area contributed by atoms with Gasteiger partial charge in [-0.2, -0.15) is 0 Å². The van der Waals surface area contributed by atoms with Crippen molar-refractivity contribution in [2.24, 2.45) is 5.92 Å². The van der Waals surface area contributed by atoms with Crippen LogP contribution in [0.4, 0.5) is 0 Å². The van der Waals surface area contributed by atoms with Crippen LogP contribution in [0, 0.1) is 5.92 Å². The van der Waals surface area contributed by atoms with E-state index in [9.17, 15) is 4.79 Å². The molecule has 0 N–H and O–H groups in total. The average Bonchev–Trinajstić information content (AvgIpc) is 2.73. The minimum absolute atomic E-state index is 0.162. The number of carbonyl (C=O) groups is 1. The first kappa shape index (κ1) is 21.6. The number of Topliss-reactive ketones (excluding diaryl/α,β-unsaturated/α-hetero) is 1. The first-order valence-corrected chi connectivity index (χ1v) is 11.5. The highest BCUT2D eigenvalue weighted by Crippen LogP contribution is 2.31. The molecule has 0 aromatic heterocycles. The van der Waals surface area contributed by atoms with Crippen LogP contribution in [0.3, 0.4) is 0 Å². The van der Waals surface area contributed by atoms with Gasteiger partial charge in [-0.15, -0.1) is 11.8 Å². The van der Waals surface area contributed by atoms with Crippen LogP contribution in [0.5, 0.6) is 5.75 Å². The van der Waals surface area contributed by atoms with E-state index in [0.717, 1.165) is 48.3 Å². The normalized spacial score (nSPS) is 20.3. The lowest BCUT2D eigenvalue weighted by molar-refractivity contribution is -0.00440. The standard InChI is InChI=1S/C22H34N2O3S/c1-17-7-9-23(10-8-17)16-27-18-5-6-19(20(15-18)28-4)21(25)22(2,3)24-11-13-26-14-12-24/h5-6,15,17H,7-14,16H2,1-4H3. The molecule has 2 aliphatic rings. The zero-order valence-corrected chi connectivity index (χ0v) is 18.5. The number of nitrogens with zero attached hydrogens (tertiary/aromatic N) is 2. The van der Waals surface area contributed by atoms with Gasteiger partial charge in [-0.3, -0.25) is 14.6 Å². The second kappa shape index (κ2) is 9.61. The third kappa shape index (κ3) is 5.09. The lowest BCUT2D eigenvalue weighted by atomic mass is 9.90. The molecule has 0 aliphatic carbocycles. The Balaban J connectivity index is 1.67. The van der Waals surface area contributed by atoms with Gasteiger partial charge in [0.25, 0.3) is 0 Å². The molecule has 0 amide bonds. The summed E-state index contributed by atoms with van der Waals surface area (Å²) in [6, 6.07) is 5.89. The second-order valence-electron chi connectivity index (χ2n) is 8.42. The average molecular weight is 407 g/mol. The number of ether oxygens (including phenoxy) is 2. The van der Waals surface area contributed by atoms with Gasteiger partial charge < -0.3 is 9.47 Å². The zero-order chi connectivity index (χ0) is 20.1. The fraction of sp³-hybridized carbons (Fsp3) is 0.682. The molecule has 0 saturated carbocycles. The van der Waals surface area contributed by atoms with Crippen LogP contribution in [0.1, 0.15) is 44.0 Å². The van der Waals surface area contributed by atoms with Crippen molar-refractivity contribution in [3.05, 3.63) is 23.8 Å². The highest BCUT2D eigenvalue weighted by molar-refractivity contribution is 7.98. The van der Waals surface area contributed by atoms with Crippen LogP contribution in [-0.2, 0) is 4.74 Å². The Morgan fingerprint density at radius 2 is 1.89 bits per heavy atom. The summed E-state index contributed by atoms with van der Waals surface area (Å²) in [6.07, 6.45) is 4.50. The lowest BCUT2D eigenvalue weighted by Gasteiger charge is -2.39. The summed E-state index contributed by atoms with van der Waals surface area (Å²) in [5, 5.41) is 0. The van der Waals surface area contributed by atoms with E-state index in [1.54, 1.807) is 11.8 Å². The minimum Gasteiger partial charge on any atom is -0.478 e. The first-order chi connectivity index (χ1) is 13.4. The number of ketones is 1. The van der Waals surface area contributed by atoms with Gasteiger partial charge >= 0.3 is 0 Å². The van der Waals surface area contributed by atoms with Gasteiger partial charge in [0.1, 0.15) is 12.5 Å². The molecule has 2 saturated heterocycles. The summed E-state index contributed by atoms with van der Waals surface area (Å²) in [5.41, 5.74) is 0.240. The van der Waals surface area contributed by atoms with E-state index in [1.807, 2.05) is 38.3 Å². The number of rotatable bonds is 7. The van der Waals surface area contributed by atoms with Crippen molar-refractivity contribution >= 4 is 17.5 Å². The molecular formula is C22H34N2O3S. The zero-order valence-electron chi connectivity index (χ0n) is 17.7. The predicted molar refractivity (Wildman–Crippen MR) is 114 cm³/mol. The van der Waals surface area contributed by atoms with E-state index in [1.165, 1.54) is 12.8 Å². The molecule has 2 heterocycles. The lowest BCUT2D eigenvalue weighted by Crippen LogP contribution is -2.54. The molecule has 2 fully saturated rings. The number of thioether (sulfide) groups is 1. The minimum atomic E-state index is -0.541. The number of likely N-dealkylation sites (tertiary alicyclic amines) is 1. The van der Waals surface area contributed by atoms with Crippen molar-refractivity contribution in [3.8, 4) is 5.75 Å². The molecular weight excluding hydrogens is 372 g/mol. The van der Waals surface area contributed by atoms with Gasteiger partial charge in [0.15, 0.2) is 5.78 Å². The Morgan fingerprint density at radius 1 is 1.21 bits per heavy atom. The van der Waals surface area contributed by atoms with Gasteiger partial charge in [0, 0.05) is 36.6 Å². The molecule has 6 heteroatoms.